The predicted molar refractivity (Wildman–Crippen MR) is 135 cm³/mol. The Bertz CT molecular complexity index is 1420. The number of pyridine rings is 2. The fraction of sp³-hybridized carbons (Fsp3) is 0.308. The lowest BCUT2D eigenvalue weighted by molar-refractivity contribution is -0.141. The molecule has 0 aliphatic heterocycles. The fourth-order valence-corrected chi connectivity index (χ4v) is 4.00. The minimum Gasteiger partial charge on any atom is -0.379 e. The Kier molecular flexibility index (Phi) is 7.35. The molecule has 36 heavy (non-hydrogen) atoms. The summed E-state index contributed by atoms with van der Waals surface area (Å²) in [4.78, 5) is 31.3. The summed E-state index contributed by atoms with van der Waals surface area (Å²) in [6.07, 6.45) is -3.08. The third-order valence-corrected chi connectivity index (χ3v) is 5.91. The fourth-order valence-electron chi connectivity index (χ4n) is 4.00. The number of nitrogens with one attached hydrogen (secondary N) is 2. The smallest absolute Gasteiger partial charge is 0.379 e. The van der Waals surface area contributed by atoms with Gasteiger partial charge in [-0.3, -0.25) is 4.79 Å². The van der Waals surface area contributed by atoms with Gasteiger partial charge in [0.05, 0.1) is 11.4 Å². The molecule has 3 aromatic heterocycles. The summed E-state index contributed by atoms with van der Waals surface area (Å²) < 4.78 is 40.6. The maximum atomic E-state index is 13.5. The number of likely N-dealkylation sites (N-methyl/N-ethyl adjacent to an activating group) is 1. The zero-order chi connectivity index (χ0) is 25.9. The van der Waals surface area contributed by atoms with Crippen LogP contribution in [0.4, 0.5) is 18.9 Å². The van der Waals surface area contributed by atoms with Gasteiger partial charge in [0, 0.05) is 36.1 Å². The molecule has 10 heteroatoms. The number of aryl methyl sites for hydroxylation is 1. The molecule has 7 nitrogen and oxygen atoms in total. The van der Waals surface area contributed by atoms with E-state index in [0.717, 1.165) is 25.7 Å². The number of alkyl halides is 3. The Morgan fingerprint density at radius 3 is 2.33 bits per heavy atom. The van der Waals surface area contributed by atoms with Crippen LogP contribution in [-0.4, -0.2) is 51.0 Å². The number of aromatic amines is 1. The van der Waals surface area contributed by atoms with Crippen LogP contribution >= 0.6 is 0 Å². The second-order valence-corrected chi connectivity index (χ2v) is 8.35. The summed E-state index contributed by atoms with van der Waals surface area (Å²) in [6.45, 7) is 8.73. The number of benzene rings is 1. The first-order valence-electron chi connectivity index (χ1n) is 11.7. The first kappa shape index (κ1) is 25.3. The van der Waals surface area contributed by atoms with E-state index in [0.29, 0.717) is 23.5 Å². The molecular formula is C26H27F3N6O. The van der Waals surface area contributed by atoms with E-state index in [1.54, 1.807) is 30.5 Å². The predicted octanol–water partition coefficient (Wildman–Crippen LogP) is 5.13. The summed E-state index contributed by atoms with van der Waals surface area (Å²) in [7, 11) is 0. The third kappa shape index (κ3) is 5.38. The van der Waals surface area contributed by atoms with Crippen LogP contribution in [0.3, 0.4) is 0 Å². The highest BCUT2D eigenvalue weighted by Crippen LogP contribution is 2.34. The molecule has 0 radical (unpaired) electrons. The number of rotatable bonds is 8. The molecule has 4 aromatic rings. The maximum absolute atomic E-state index is 13.5. The first-order valence-corrected chi connectivity index (χ1v) is 11.7. The lowest BCUT2D eigenvalue weighted by Gasteiger charge is -2.18. The lowest BCUT2D eigenvalue weighted by atomic mass is 10.0. The normalized spacial score (nSPS) is 11.9. The monoisotopic (exact) mass is 496 g/mol. The van der Waals surface area contributed by atoms with Gasteiger partial charge in [-0.15, -0.1) is 0 Å². The van der Waals surface area contributed by atoms with Gasteiger partial charge in [0.15, 0.2) is 11.2 Å². The van der Waals surface area contributed by atoms with E-state index in [9.17, 15) is 18.0 Å². The average molecular weight is 497 g/mol. The van der Waals surface area contributed by atoms with Crippen molar-refractivity contribution in [3.63, 3.8) is 0 Å². The van der Waals surface area contributed by atoms with Crippen LogP contribution < -0.4 is 10.7 Å². The van der Waals surface area contributed by atoms with Gasteiger partial charge >= 0.3 is 6.18 Å². The summed E-state index contributed by atoms with van der Waals surface area (Å²) >= 11 is 0. The Morgan fingerprint density at radius 2 is 1.67 bits per heavy atom. The van der Waals surface area contributed by atoms with Crippen LogP contribution in [0, 0.1) is 6.92 Å². The molecule has 0 aliphatic carbocycles. The molecule has 3 heterocycles. The Balaban J connectivity index is 1.86. The Labute approximate surface area is 206 Å². The van der Waals surface area contributed by atoms with E-state index >= 15 is 0 Å². The van der Waals surface area contributed by atoms with Gasteiger partial charge in [0.2, 0.25) is 5.43 Å². The highest BCUT2D eigenvalue weighted by atomic mass is 19.4. The molecule has 0 amide bonds. The van der Waals surface area contributed by atoms with Gasteiger partial charge in [-0.2, -0.15) is 13.2 Å². The van der Waals surface area contributed by atoms with Crippen molar-refractivity contribution < 1.29 is 13.2 Å². The summed E-state index contributed by atoms with van der Waals surface area (Å²) in [5, 5.41) is 3.14. The van der Waals surface area contributed by atoms with Gasteiger partial charge in [-0.05, 0) is 32.1 Å². The molecular weight excluding hydrogens is 469 g/mol. The molecule has 0 fully saturated rings. The SMILES string of the molecule is CCN(CC)CCNc1c[nH]c2nc(-c3ccccc3)c(-c3cc(C)nc(C(F)(F)F)c3)nc2c1=O. The van der Waals surface area contributed by atoms with Crippen molar-refractivity contribution in [3.8, 4) is 22.5 Å². The lowest BCUT2D eigenvalue weighted by Crippen LogP contribution is -2.29. The quantitative estimate of drug-likeness (QED) is 0.352. The van der Waals surface area contributed by atoms with Crippen molar-refractivity contribution in [3.05, 3.63) is 70.3 Å². The van der Waals surface area contributed by atoms with Crippen LogP contribution in [-0.2, 0) is 6.18 Å². The summed E-state index contributed by atoms with van der Waals surface area (Å²) in [5.74, 6) is 0. The van der Waals surface area contributed by atoms with Crippen molar-refractivity contribution in [2.24, 2.45) is 0 Å². The minimum absolute atomic E-state index is 0.0422. The molecule has 0 spiro atoms. The van der Waals surface area contributed by atoms with Crippen molar-refractivity contribution in [1.82, 2.24) is 24.8 Å². The number of aromatic nitrogens is 4. The van der Waals surface area contributed by atoms with E-state index < -0.39 is 11.9 Å². The zero-order valence-corrected chi connectivity index (χ0v) is 20.3. The molecule has 0 bridgehead atoms. The van der Waals surface area contributed by atoms with Gasteiger partial charge < -0.3 is 15.2 Å². The average Bonchev–Trinajstić information content (AvgIpc) is 2.87. The van der Waals surface area contributed by atoms with E-state index in [1.165, 1.54) is 13.0 Å². The van der Waals surface area contributed by atoms with Crippen LogP contribution in [0.1, 0.15) is 25.2 Å². The summed E-state index contributed by atoms with van der Waals surface area (Å²) in [5.41, 5.74) is 0.771. The largest absolute Gasteiger partial charge is 0.433 e. The number of halogens is 3. The second-order valence-electron chi connectivity index (χ2n) is 8.35. The van der Waals surface area contributed by atoms with Gasteiger partial charge in [0.1, 0.15) is 11.4 Å². The van der Waals surface area contributed by atoms with Gasteiger partial charge in [-0.1, -0.05) is 44.2 Å². The molecule has 1 aromatic carbocycles. The number of hydrogen-bond donors (Lipinski definition) is 2. The maximum Gasteiger partial charge on any atom is 0.433 e. The summed E-state index contributed by atoms with van der Waals surface area (Å²) in [6, 6.07) is 11.5. The van der Waals surface area contributed by atoms with Crippen molar-refractivity contribution in [2.45, 2.75) is 26.9 Å². The number of nitrogens with zero attached hydrogens (tertiary/aromatic N) is 4. The van der Waals surface area contributed by atoms with Crippen LogP contribution in [0.25, 0.3) is 33.7 Å². The molecule has 0 atom stereocenters. The molecule has 0 unspecified atom stereocenters. The topological polar surface area (TPSA) is 86.8 Å². The highest BCUT2D eigenvalue weighted by Gasteiger charge is 2.33. The van der Waals surface area contributed by atoms with E-state index in [1.807, 2.05) is 6.07 Å². The first-order chi connectivity index (χ1) is 17.2. The van der Waals surface area contributed by atoms with Crippen LogP contribution in [0.5, 0.6) is 0 Å². The van der Waals surface area contributed by atoms with Crippen molar-refractivity contribution >= 4 is 16.9 Å². The number of hydrogen-bond acceptors (Lipinski definition) is 6. The van der Waals surface area contributed by atoms with E-state index in [-0.39, 0.29) is 33.5 Å². The van der Waals surface area contributed by atoms with Crippen LogP contribution in [0.2, 0.25) is 0 Å². The molecule has 0 saturated carbocycles. The van der Waals surface area contributed by atoms with E-state index in [4.69, 9.17) is 0 Å². The van der Waals surface area contributed by atoms with Crippen LogP contribution in [0.15, 0.2) is 53.5 Å². The van der Waals surface area contributed by atoms with Crippen molar-refractivity contribution in [2.75, 3.05) is 31.5 Å². The highest BCUT2D eigenvalue weighted by molar-refractivity contribution is 5.85. The van der Waals surface area contributed by atoms with Gasteiger partial charge in [0.25, 0.3) is 0 Å². The zero-order valence-electron chi connectivity index (χ0n) is 20.3. The number of fused-ring (bicyclic) bond motifs is 1. The third-order valence-electron chi connectivity index (χ3n) is 5.91. The standard InChI is InChI=1S/C26H27F3N6O/c1-4-35(5-2)12-11-30-19-15-31-25-23(24(19)36)33-22(21(34-25)17-9-7-6-8-10-17)18-13-16(3)32-20(14-18)26(27,28)29/h6-10,13-15,30H,4-5,11-12H2,1-3H3,(H,31,34,36). The Hall–Kier alpha value is -3.79. The second kappa shape index (κ2) is 10.4. The Morgan fingerprint density at radius 1 is 0.972 bits per heavy atom. The van der Waals surface area contributed by atoms with Crippen molar-refractivity contribution in [1.29, 1.82) is 0 Å². The van der Waals surface area contributed by atoms with E-state index in [2.05, 4.69) is 44.0 Å². The number of H-pyrrole nitrogens is 1. The molecule has 0 saturated heterocycles. The van der Waals surface area contributed by atoms with Gasteiger partial charge in [-0.25, -0.2) is 15.0 Å². The minimum atomic E-state index is -4.63. The molecule has 188 valence electrons. The molecule has 2 N–H and O–H groups in total. The molecule has 4 rings (SSSR count). The number of anilines is 1. The molecule has 0 aliphatic rings.